The summed E-state index contributed by atoms with van der Waals surface area (Å²) in [6.45, 7) is -2.67. The minimum atomic E-state index is -3.43. The van der Waals surface area contributed by atoms with E-state index >= 15 is 0 Å². The summed E-state index contributed by atoms with van der Waals surface area (Å²) in [5.41, 5.74) is 0. The van der Waals surface area contributed by atoms with E-state index in [-0.39, 0.29) is 0 Å². The molecule has 98 valence electrons. The highest BCUT2D eigenvalue weighted by Crippen LogP contribution is 2.13. The number of aliphatic hydroxyl groups excluding tert-OH is 1. The molecular weight excluding hydrogens is 236 g/mol. The molecule has 1 N–H and O–H groups in total. The molecule has 0 saturated carbocycles. The van der Waals surface area contributed by atoms with Crippen LogP contribution in [0.4, 0.5) is 17.6 Å². The quantitative estimate of drug-likeness (QED) is 0.617. The van der Waals surface area contributed by atoms with Gasteiger partial charge in [0.1, 0.15) is 19.3 Å². The Hall–Kier alpha value is -0.440. The van der Waals surface area contributed by atoms with Crippen molar-refractivity contribution >= 4 is 0 Å². The highest BCUT2D eigenvalue weighted by atomic mass is 19.3. The van der Waals surface area contributed by atoms with E-state index < -0.39 is 45.1 Å². The molecule has 0 radical (unpaired) electrons. The molecule has 0 saturated heterocycles. The van der Waals surface area contributed by atoms with Gasteiger partial charge in [-0.1, -0.05) is 0 Å². The van der Waals surface area contributed by atoms with Crippen LogP contribution in [0.5, 0.6) is 0 Å². The highest BCUT2D eigenvalue weighted by Gasteiger charge is 2.28. The molecule has 8 heteroatoms. The van der Waals surface area contributed by atoms with Gasteiger partial charge in [-0.15, -0.1) is 0 Å². The van der Waals surface area contributed by atoms with Crippen LogP contribution in [0.3, 0.4) is 0 Å². The average Bonchev–Trinajstić information content (AvgIpc) is 2.17. The van der Waals surface area contributed by atoms with Crippen molar-refractivity contribution in [3.8, 4) is 0 Å². The Kier molecular flexibility index (Phi) is 7.56. The number of aliphatic hydroxyl groups is 1. The van der Waals surface area contributed by atoms with E-state index in [1.165, 1.54) is 0 Å². The zero-order chi connectivity index (χ0) is 12.6. The maximum absolute atomic E-state index is 12.4. The van der Waals surface area contributed by atoms with E-state index in [9.17, 15) is 17.6 Å². The van der Waals surface area contributed by atoms with Crippen molar-refractivity contribution in [1.29, 1.82) is 0 Å². The van der Waals surface area contributed by atoms with Crippen LogP contribution in [0.1, 0.15) is 0 Å². The van der Waals surface area contributed by atoms with Crippen LogP contribution < -0.4 is 0 Å². The lowest BCUT2D eigenvalue weighted by atomic mass is 10.4. The molecule has 0 aromatic heterocycles. The lowest BCUT2D eigenvalue weighted by Crippen LogP contribution is -2.30. The van der Waals surface area contributed by atoms with Gasteiger partial charge in [0.05, 0.1) is 13.2 Å². The first-order valence-electron chi connectivity index (χ1n) is 4.42. The third kappa shape index (κ3) is 8.84. The fourth-order valence-electron chi connectivity index (χ4n) is 0.714. The van der Waals surface area contributed by atoms with E-state index in [2.05, 4.69) is 14.2 Å². The summed E-state index contributed by atoms with van der Waals surface area (Å²) in [6, 6.07) is 0. The third-order valence-electron chi connectivity index (χ3n) is 1.43. The predicted octanol–water partition coefficient (Wildman–Crippen LogP) is 0.885. The Balaban J connectivity index is 3.47. The summed E-state index contributed by atoms with van der Waals surface area (Å²) in [5, 5.41) is 9.05. The maximum Gasteiger partial charge on any atom is 0.378 e. The molecule has 4 nitrogen and oxygen atoms in total. The van der Waals surface area contributed by atoms with Crippen LogP contribution in [0.15, 0.2) is 0 Å². The topological polar surface area (TPSA) is 47.9 Å². The van der Waals surface area contributed by atoms with Crippen LogP contribution in [0.2, 0.25) is 0 Å². The van der Waals surface area contributed by atoms with Crippen LogP contribution in [-0.4, -0.2) is 57.3 Å². The Morgan fingerprint density at radius 3 is 2.19 bits per heavy atom. The van der Waals surface area contributed by atoms with Crippen molar-refractivity contribution in [3.05, 3.63) is 0 Å². The summed E-state index contributed by atoms with van der Waals surface area (Å²) in [6.07, 6.45) is -7.29. The smallest absolute Gasteiger partial charge is 0.378 e. The first kappa shape index (κ1) is 15.6. The predicted molar refractivity (Wildman–Crippen MR) is 45.6 cm³/mol. The molecular formula is C8H14F4O4. The lowest BCUT2D eigenvalue weighted by Gasteiger charge is -2.16. The zero-order valence-electron chi connectivity index (χ0n) is 8.67. The molecule has 16 heavy (non-hydrogen) atoms. The van der Waals surface area contributed by atoms with Crippen LogP contribution in [0, 0.1) is 0 Å². The molecule has 0 heterocycles. The van der Waals surface area contributed by atoms with Crippen molar-refractivity contribution in [2.75, 3.05) is 33.5 Å². The standard InChI is InChI=1S/C8H14F4O4/c1-14-8(11,12)5-16-3-6(13)2-15-4-7(9)10/h6-7,13H,2-5H2,1H3. The Morgan fingerprint density at radius 2 is 1.69 bits per heavy atom. The fraction of sp³-hybridized carbons (Fsp3) is 1.00. The van der Waals surface area contributed by atoms with Crippen LogP contribution >= 0.6 is 0 Å². The number of hydrogen-bond donors (Lipinski definition) is 1. The van der Waals surface area contributed by atoms with Crippen LogP contribution in [0.25, 0.3) is 0 Å². The van der Waals surface area contributed by atoms with Gasteiger partial charge in [0, 0.05) is 7.11 Å². The van der Waals surface area contributed by atoms with Gasteiger partial charge in [0.25, 0.3) is 6.43 Å². The summed E-state index contributed by atoms with van der Waals surface area (Å²) in [5.74, 6) is 0. The number of hydrogen-bond acceptors (Lipinski definition) is 4. The van der Waals surface area contributed by atoms with Crippen molar-refractivity contribution in [2.45, 2.75) is 18.6 Å². The second-order valence-electron chi connectivity index (χ2n) is 2.94. The van der Waals surface area contributed by atoms with Crippen LogP contribution in [-0.2, 0) is 14.2 Å². The highest BCUT2D eigenvalue weighted by molar-refractivity contribution is 4.54. The normalized spacial score (nSPS) is 14.4. The summed E-state index contributed by atoms with van der Waals surface area (Å²) >= 11 is 0. The molecule has 0 aliphatic carbocycles. The maximum atomic E-state index is 12.4. The second-order valence-corrected chi connectivity index (χ2v) is 2.94. The molecule has 0 aromatic carbocycles. The third-order valence-corrected chi connectivity index (χ3v) is 1.43. The lowest BCUT2D eigenvalue weighted by molar-refractivity contribution is -0.252. The zero-order valence-corrected chi connectivity index (χ0v) is 8.67. The Labute approximate surface area is 90.1 Å². The van der Waals surface area contributed by atoms with E-state index in [1.54, 1.807) is 0 Å². The van der Waals surface area contributed by atoms with Gasteiger partial charge in [-0.3, -0.25) is 0 Å². The minimum absolute atomic E-state index is 0.400. The average molecular weight is 250 g/mol. The largest absolute Gasteiger partial charge is 0.388 e. The minimum Gasteiger partial charge on any atom is -0.388 e. The van der Waals surface area contributed by atoms with Gasteiger partial charge in [0.15, 0.2) is 0 Å². The molecule has 0 bridgehead atoms. The monoisotopic (exact) mass is 250 g/mol. The fourth-order valence-corrected chi connectivity index (χ4v) is 0.714. The number of ether oxygens (including phenoxy) is 3. The Bertz CT molecular complexity index is 179. The number of halogens is 4. The molecule has 1 atom stereocenters. The summed E-state index contributed by atoms with van der Waals surface area (Å²) in [7, 11) is 0.811. The van der Waals surface area contributed by atoms with Gasteiger partial charge in [0.2, 0.25) is 0 Å². The van der Waals surface area contributed by atoms with E-state index in [1.807, 2.05) is 0 Å². The first-order chi connectivity index (χ1) is 7.37. The van der Waals surface area contributed by atoms with Crippen molar-refractivity contribution in [2.24, 2.45) is 0 Å². The van der Waals surface area contributed by atoms with E-state index in [4.69, 9.17) is 5.11 Å². The van der Waals surface area contributed by atoms with Crippen molar-refractivity contribution in [1.82, 2.24) is 0 Å². The molecule has 1 unspecified atom stereocenters. The summed E-state index contributed by atoms with van der Waals surface area (Å²) in [4.78, 5) is 0. The van der Waals surface area contributed by atoms with E-state index in [0.29, 0.717) is 0 Å². The molecule has 0 rings (SSSR count). The number of rotatable bonds is 9. The van der Waals surface area contributed by atoms with Crippen molar-refractivity contribution in [3.63, 3.8) is 0 Å². The second kappa shape index (κ2) is 7.77. The molecule has 0 aliphatic rings. The molecule has 0 spiro atoms. The molecule has 0 aromatic rings. The summed E-state index contributed by atoms with van der Waals surface area (Å²) < 4.78 is 60.5. The SMILES string of the molecule is COC(F)(F)COCC(O)COCC(F)F. The van der Waals surface area contributed by atoms with E-state index in [0.717, 1.165) is 7.11 Å². The molecule has 0 amide bonds. The molecule has 0 fully saturated rings. The first-order valence-corrected chi connectivity index (χ1v) is 4.42. The van der Waals surface area contributed by atoms with Crippen molar-refractivity contribution < 1.29 is 36.9 Å². The van der Waals surface area contributed by atoms with Gasteiger partial charge in [-0.05, 0) is 0 Å². The molecule has 0 aliphatic heterocycles. The van der Waals surface area contributed by atoms with Gasteiger partial charge >= 0.3 is 6.11 Å². The van der Waals surface area contributed by atoms with Gasteiger partial charge in [-0.2, -0.15) is 8.78 Å². The van der Waals surface area contributed by atoms with Gasteiger partial charge in [-0.25, -0.2) is 8.78 Å². The van der Waals surface area contributed by atoms with Gasteiger partial charge < -0.3 is 19.3 Å². The number of alkyl halides is 4. The number of methoxy groups -OCH3 is 1. The Morgan fingerprint density at radius 1 is 1.12 bits per heavy atom.